The third kappa shape index (κ3) is 3.12. The molecular weight excluding hydrogens is 124 g/mol. The number of hydrogen-bond acceptors (Lipinski definition) is 3. The molecule has 3 N–H and O–H groups in total. The summed E-state index contributed by atoms with van der Waals surface area (Å²) >= 11 is 0. The first kappa shape index (κ1) is 8.07. The first-order valence-electron chi connectivity index (χ1n) is 2.49. The Kier molecular flexibility index (Phi) is 4.03. The van der Waals surface area contributed by atoms with E-state index in [1.165, 1.54) is 0 Å². The molecule has 0 bridgehead atoms. The molecule has 4 heteroatoms. The highest BCUT2D eigenvalue weighted by molar-refractivity contribution is 7.85. The molecule has 0 aliphatic carbocycles. The van der Waals surface area contributed by atoms with Crippen LogP contribution < -0.4 is 11.3 Å². The highest BCUT2D eigenvalue weighted by Crippen LogP contribution is 1.89. The summed E-state index contributed by atoms with van der Waals surface area (Å²) in [5.41, 5.74) is 2.35. The van der Waals surface area contributed by atoms with Crippen molar-refractivity contribution in [1.82, 2.24) is 5.43 Å². The molecule has 0 saturated heterocycles. The number of rotatable bonds is 3. The molecule has 1 atom stereocenters. The molecule has 0 radical (unpaired) electrons. The molecule has 0 fully saturated rings. The van der Waals surface area contributed by atoms with E-state index in [4.69, 9.17) is 5.84 Å². The lowest BCUT2D eigenvalue weighted by molar-refractivity contribution is 0.669. The number of hydrazine groups is 1. The van der Waals surface area contributed by atoms with E-state index in [0.717, 1.165) is 0 Å². The lowest BCUT2D eigenvalue weighted by atomic mass is 10.6. The van der Waals surface area contributed by atoms with Crippen molar-refractivity contribution in [2.45, 2.75) is 19.1 Å². The summed E-state index contributed by atoms with van der Waals surface area (Å²) in [6.07, 6.45) is 0. The topological polar surface area (TPSA) is 55.1 Å². The van der Waals surface area contributed by atoms with Gasteiger partial charge in [-0.1, -0.05) is 13.8 Å². The van der Waals surface area contributed by atoms with E-state index in [1.54, 1.807) is 0 Å². The zero-order chi connectivity index (χ0) is 6.57. The predicted molar refractivity (Wildman–Crippen MR) is 35.5 cm³/mol. The smallest absolute Gasteiger partial charge is 0.0856 e. The Balaban J connectivity index is 3.33. The van der Waals surface area contributed by atoms with Crippen molar-refractivity contribution in [1.29, 1.82) is 0 Å². The van der Waals surface area contributed by atoms with Crippen molar-refractivity contribution in [3.8, 4) is 0 Å². The van der Waals surface area contributed by atoms with E-state index in [1.807, 2.05) is 13.8 Å². The quantitative estimate of drug-likeness (QED) is 0.408. The van der Waals surface area contributed by atoms with E-state index < -0.39 is 10.8 Å². The maximum Gasteiger partial charge on any atom is 0.0856 e. The van der Waals surface area contributed by atoms with Gasteiger partial charge in [0.2, 0.25) is 0 Å². The van der Waals surface area contributed by atoms with Crippen molar-refractivity contribution in [2.24, 2.45) is 5.84 Å². The molecule has 0 heterocycles. The van der Waals surface area contributed by atoms with Gasteiger partial charge >= 0.3 is 0 Å². The summed E-state index contributed by atoms with van der Waals surface area (Å²) in [7, 11) is -0.808. The van der Waals surface area contributed by atoms with Crippen molar-refractivity contribution in [3.05, 3.63) is 0 Å². The summed E-state index contributed by atoms with van der Waals surface area (Å²) in [4.78, 5) is 0. The lowest BCUT2D eigenvalue weighted by Crippen LogP contribution is -2.29. The minimum Gasteiger partial charge on any atom is -0.271 e. The number of hydrogen-bond donors (Lipinski definition) is 2. The summed E-state index contributed by atoms with van der Waals surface area (Å²) in [5, 5.41) is 0.200. The molecule has 0 saturated carbocycles. The molecule has 0 aliphatic heterocycles. The van der Waals surface area contributed by atoms with E-state index >= 15 is 0 Å². The molecule has 8 heavy (non-hydrogen) atoms. The van der Waals surface area contributed by atoms with Gasteiger partial charge in [0.05, 0.1) is 5.88 Å². The molecule has 50 valence electrons. The second-order valence-corrected chi connectivity index (χ2v) is 3.77. The van der Waals surface area contributed by atoms with Crippen LogP contribution in [0.15, 0.2) is 0 Å². The predicted octanol–water partition coefficient (Wildman–Crippen LogP) is -0.436. The lowest BCUT2D eigenvalue weighted by Gasteiger charge is -2.01. The van der Waals surface area contributed by atoms with Crippen LogP contribution in [0.3, 0.4) is 0 Å². The molecular formula is C4H12N2OS. The van der Waals surface area contributed by atoms with Gasteiger partial charge in [0.1, 0.15) is 0 Å². The number of nitrogens with one attached hydrogen (secondary N) is 1. The van der Waals surface area contributed by atoms with E-state index in [-0.39, 0.29) is 5.25 Å². The van der Waals surface area contributed by atoms with Gasteiger partial charge in [0.15, 0.2) is 0 Å². The van der Waals surface area contributed by atoms with Crippen LogP contribution in [0, 0.1) is 0 Å². The molecule has 0 amide bonds. The molecule has 0 aromatic rings. The van der Waals surface area contributed by atoms with E-state index in [9.17, 15) is 4.21 Å². The zero-order valence-electron chi connectivity index (χ0n) is 5.18. The minimum absolute atomic E-state index is 0.200. The molecule has 0 aromatic carbocycles. The fraction of sp³-hybridized carbons (Fsp3) is 1.00. The van der Waals surface area contributed by atoms with E-state index in [0.29, 0.717) is 5.88 Å². The maximum atomic E-state index is 10.7. The molecule has 0 rings (SSSR count). The minimum atomic E-state index is -0.808. The zero-order valence-corrected chi connectivity index (χ0v) is 5.99. The second kappa shape index (κ2) is 4.00. The standard InChI is InChI=1S/C4H12N2OS/c1-4(2)8(7)3-6-5/h4,6H,3,5H2,1-2H3. The fourth-order valence-corrected chi connectivity index (χ4v) is 0.746. The van der Waals surface area contributed by atoms with Crippen LogP contribution in [-0.2, 0) is 10.8 Å². The molecule has 3 nitrogen and oxygen atoms in total. The van der Waals surface area contributed by atoms with Crippen molar-refractivity contribution in [3.63, 3.8) is 0 Å². The summed E-state index contributed by atoms with van der Waals surface area (Å²) in [5.74, 6) is 5.31. The van der Waals surface area contributed by atoms with Gasteiger partial charge in [-0.2, -0.15) is 0 Å². The van der Waals surface area contributed by atoms with Gasteiger partial charge in [-0.15, -0.1) is 0 Å². The maximum absolute atomic E-state index is 10.7. The molecule has 0 aliphatic rings. The van der Waals surface area contributed by atoms with Crippen molar-refractivity contribution < 1.29 is 4.21 Å². The Hall–Kier alpha value is 0.0700. The van der Waals surface area contributed by atoms with Gasteiger partial charge in [-0.25, -0.2) is 5.43 Å². The molecule has 0 aromatic heterocycles. The van der Waals surface area contributed by atoms with Crippen molar-refractivity contribution in [2.75, 3.05) is 5.88 Å². The van der Waals surface area contributed by atoms with Gasteiger partial charge in [0.25, 0.3) is 0 Å². The Labute approximate surface area is 52.1 Å². The third-order valence-electron chi connectivity index (χ3n) is 0.751. The highest BCUT2D eigenvalue weighted by Gasteiger charge is 2.00. The molecule has 1 unspecified atom stereocenters. The number of nitrogens with two attached hydrogens (primary N) is 1. The van der Waals surface area contributed by atoms with Gasteiger partial charge in [0, 0.05) is 16.0 Å². The van der Waals surface area contributed by atoms with Crippen molar-refractivity contribution >= 4 is 10.8 Å². The average Bonchev–Trinajstić information content (AvgIpc) is 1.67. The molecule has 0 spiro atoms. The fourth-order valence-electron chi connectivity index (χ4n) is 0.249. The summed E-state index contributed by atoms with van der Waals surface area (Å²) < 4.78 is 10.7. The van der Waals surface area contributed by atoms with Crippen LogP contribution in [0.5, 0.6) is 0 Å². The Morgan fingerprint density at radius 1 is 1.75 bits per heavy atom. The summed E-state index contributed by atoms with van der Waals surface area (Å²) in [6, 6.07) is 0. The van der Waals surface area contributed by atoms with Gasteiger partial charge in [-0.05, 0) is 0 Å². The average molecular weight is 136 g/mol. The third-order valence-corrected chi connectivity index (χ3v) is 2.25. The normalized spacial score (nSPS) is 14.5. The first-order chi connectivity index (χ1) is 3.68. The van der Waals surface area contributed by atoms with Gasteiger partial charge < -0.3 is 0 Å². The Morgan fingerprint density at radius 2 is 2.25 bits per heavy atom. The van der Waals surface area contributed by atoms with E-state index in [2.05, 4.69) is 5.43 Å². The van der Waals surface area contributed by atoms with Crippen LogP contribution in [0.25, 0.3) is 0 Å². The largest absolute Gasteiger partial charge is 0.271 e. The van der Waals surface area contributed by atoms with Crippen LogP contribution in [0.4, 0.5) is 0 Å². The van der Waals surface area contributed by atoms with Crippen LogP contribution in [0.2, 0.25) is 0 Å². The van der Waals surface area contributed by atoms with Crippen LogP contribution in [-0.4, -0.2) is 15.3 Å². The van der Waals surface area contributed by atoms with Crippen LogP contribution in [0.1, 0.15) is 13.8 Å². The second-order valence-electron chi connectivity index (χ2n) is 1.78. The monoisotopic (exact) mass is 136 g/mol. The Morgan fingerprint density at radius 3 is 2.38 bits per heavy atom. The van der Waals surface area contributed by atoms with Gasteiger partial charge in [-0.3, -0.25) is 10.1 Å². The first-order valence-corrected chi connectivity index (χ1v) is 3.87. The summed E-state index contributed by atoms with van der Waals surface area (Å²) in [6.45, 7) is 3.79. The Bertz CT molecular complexity index is 84.1. The highest BCUT2D eigenvalue weighted by atomic mass is 32.2. The van der Waals surface area contributed by atoms with Crippen LogP contribution >= 0.6 is 0 Å². The SMILES string of the molecule is CC(C)S(=O)CNN.